The predicted molar refractivity (Wildman–Crippen MR) is 48.1 cm³/mol. The van der Waals surface area contributed by atoms with Crippen LogP contribution in [0.2, 0.25) is 0 Å². The van der Waals surface area contributed by atoms with E-state index < -0.39 is 21.7 Å². The van der Waals surface area contributed by atoms with E-state index in [1.54, 1.807) is 0 Å². The monoisotopic (exact) mass is 251 g/mol. The molecular formula is C2H9BeClO7P2. The summed E-state index contributed by atoms with van der Waals surface area (Å²) in [6.07, 6.45) is 0. The fourth-order valence-corrected chi connectivity index (χ4v) is 2.38. The fraction of sp³-hybridized carbons (Fsp3) is 1.00. The molecule has 0 aliphatic heterocycles. The average Bonchev–Trinajstić information content (AvgIpc) is 1.84. The van der Waals surface area contributed by atoms with Gasteiger partial charge in [0, 0.05) is 7.11 Å². The molecule has 1 atom stereocenters. The molecular weight excluding hydrogens is 242 g/mol. The van der Waals surface area contributed by atoms with Crippen LogP contribution in [0.15, 0.2) is 0 Å². The third kappa shape index (κ3) is 7.76. The summed E-state index contributed by atoms with van der Waals surface area (Å²) in [5.41, 5.74) is 0. The first kappa shape index (κ1) is 16.2. The Labute approximate surface area is 83.4 Å². The SMILES string of the molecule is COP(=O)(OCCl)OP(=O)(O)O.[BeH2]. The van der Waals surface area contributed by atoms with Crippen molar-refractivity contribution in [3.8, 4) is 0 Å². The van der Waals surface area contributed by atoms with E-state index in [0.717, 1.165) is 7.11 Å². The number of phosphoric ester groups is 1. The van der Waals surface area contributed by atoms with Crippen LogP contribution < -0.4 is 0 Å². The number of phosphoric acid groups is 2. The maximum atomic E-state index is 11.0. The van der Waals surface area contributed by atoms with Crippen molar-refractivity contribution in [1.29, 1.82) is 0 Å². The van der Waals surface area contributed by atoms with Crippen molar-refractivity contribution in [2.24, 2.45) is 0 Å². The molecule has 0 aromatic heterocycles. The van der Waals surface area contributed by atoms with Gasteiger partial charge in [0.2, 0.25) is 0 Å². The molecule has 0 aliphatic carbocycles. The van der Waals surface area contributed by atoms with E-state index in [0.29, 0.717) is 0 Å². The molecule has 0 aromatic rings. The Kier molecular flexibility index (Phi) is 7.77. The van der Waals surface area contributed by atoms with E-state index in [-0.39, 0.29) is 10.1 Å². The number of hydrogen-bond acceptors (Lipinski definition) is 5. The van der Waals surface area contributed by atoms with Crippen molar-refractivity contribution < 1.29 is 32.3 Å². The molecule has 1 unspecified atom stereocenters. The van der Waals surface area contributed by atoms with Gasteiger partial charge in [-0.3, -0.25) is 9.05 Å². The molecule has 0 fully saturated rings. The van der Waals surface area contributed by atoms with Crippen molar-refractivity contribution in [3.05, 3.63) is 0 Å². The Morgan fingerprint density at radius 2 is 1.85 bits per heavy atom. The Bertz CT molecular complexity index is 227. The standard InChI is InChI=1S/C2H7ClO7P2.Be.2H/c1-8-12(7,9-2-3)10-11(4,5)6;;;/h2H2,1H3,(H2,4,5,6);;;. The topological polar surface area (TPSA) is 102 Å². The zero-order valence-electron chi connectivity index (χ0n) is 5.92. The summed E-state index contributed by atoms with van der Waals surface area (Å²) >= 11 is 4.99. The van der Waals surface area contributed by atoms with Crippen molar-refractivity contribution in [2.45, 2.75) is 0 Å². The number of halogens is 1. The van der Waals surface area contributed by atoms with Crippen LogP contribution in [0.3, 0.4) is 0 Å². The normalized spacial score (nSPS) is 16.0. The molecule has 13 heavy (non-hydrogen) atoms. The molecule has 0 amide bonds. The zero-order valence-corrected chi connectivity index (χ0v) is 8.46. The van der Waals surface area contributed by atoms with Crippen LogP contribution in [0.5, 0.6) is 0 Å². The molecule has 0 radical (unpaired) electrons. The van der Waals surface area contributed by atoms with Crippen molar-refractivity contribution in [1.82, 2.24) is 0 Å². The maximum absolute atomic E-state index is 11.0. The summed E-state index contributed by atoms with van der Waals surface area (Å²) in [5.74, 6) is 0. The zero-order chi connectivity index (χ0) is 9.83. The quantitative estimate of drug-likeness (QED) is 0.407. The number of rotatable bonds is 5. The second-order valence-corrected chi connectivity index (χ2v) is 4.81. The van der Waals surface area contributed by atoms with Gasteiger partial charge < -0.3 is 9.79 Å². The molecule has 7 nitrogen and oxygen atoms in total. The molecule has 0 aliphatic rings. The Morgan fingerprint density at radius 3 is 2.08 bits per heavy atom. The van der Waals surface area contributed by atoms with E-state index in [1.165, 1.54) is 0 Å². The first-order chi connectivity index (χ1) is 5.33. The minimum atomic E-state index is -4.91. The van der Waals surface area contributed by atoms with Gasteiger partial charge in [0.05, 0.1) is 0 Å². The molecule has 2 N–H and O–H groups in total. The molecule has 0 bridgehead atoms. The van der Waals surface area contributed by atoms with Crippen LogP contribution in [-0.2, 0) is 22.5 Å². The Balaban J connectivity index is 0. The van der Waals surface area contributed by atoms with E-state index in [1.807, 2.05) is 0 Å². The molecule has 0 rings (SSSR count). The van der Waals surface area contributed by atoms with Gasteiger partial charge in [0.25, 0.3) is 0 Å². The molecule has 78 valence electrons. The van der Waals surface area contributed by atoms with Gasteiger partial charge in [0.1, 0.15) is 6.07 Å². The van der Waals surface area contributed by atoms with Crippen LogP contribution in [0.4, 0.5) is 0 Å². The first-order valence-corrected chi connectivity index (χ1v) is 5.99. The average molecular weight is 251 g/mol. The van der Waals surface area contributed by atoms with Gasteiger partial charge >= 0.3 is 25.8 Å². The van der Waals surface area contributed by atoms with Gasteiger partial charge in [-0.25, -0.2) is 9.13 Å². The van der Waals surface area contributed by atoms with Gasteiger partial charge in [0.15, 0.2) is 0 Å². The summed E-state index contributed by atoms with van der Waals surface area (Å²) < 4.78 is 33.1. The van der Waals surface area contributed by atoms with Gasteiger partial charge in [-0.15, -0.1) is 0 Å². The molecule has 0 aromatic carbocycles. The second kappa shape index (κ2) is 6.25. The summed E-state index contributed by atoms with van der Waals surface area (Å²) in [7, 11) is -8.22. The molecule has 0 saturated carbocycles. The van der Waals surface area contributed by atoms with Crippen molar-refractivity contribution in [3.63, 3.8) is 0 Å². The Morgan fingerprint density at radius 1 is 1.38 bits per heavy atom. The third-order valence-electron chi connectivity index (χ3n) is 0.637. The fourth-order valence-electron chi connectivity index (χ4n) is 0.300. The summed E-state index contributed by atoms with van der Waals surface area (Å²) in [4.78, 5) is 16.4. The van der Waals surface area contributed by atoms with E-state index in [4.69, 9.17) is 21.4 Å². The summed E-state index contributed by atoms with van der Waals surface area (Å²) in [6, 6.07) is -0.564. The third-order valence-corrected chi connectivity index (χ3v) is 3.44. The van der Waals surface area contributed by atoms with Crippen molar-refractivity contribution >= 4 is 37.4 Å². The van der Waals surface area contributed by atoms with E-state index in [2.05, 4.69) is 13.4 Å². The molecule has 11 heteroatoms. The van der Waals surface area contributed by atoms with Gasteiger partial charge in [-0.1, -0.05) is 11.6 Å². The van der Waals surface area contributed by atoms with Crippen LogP contribution in [0.25, 0.3) is 0 Å². The summed E-state index contributed by atoms with van der Waals surface area (Å²) in [6.45, 7) is 0. The van der Waals surface area contributed by atoms with Crippen LogP contribution in [0, 0.1) is 0 Å². The van der Waals surface area contributed by atoms with Gasteiger partial charge in [-0.2, -0.15) is 4.31 Å². The molecule has 0 saturated heterocycles. The van der Waals surface area contributed by atoms with Gasteiger partial charge in [-0.05, 0) is 0 Å². The van der Waals surface area contributed by atoms with E-state index in [9.17, 15) is 9.13 Å². The predicted octanol–water partition coefficient (Wildman–Crippen LogP) is 0.147. The van der Waals surface area contributed by atoms with Crippen LogP contribution in [0.1, 0.15) is 0 Å². The van der Waals surface area contributed by atoms with Crippen molar-refractivity contribution in [2.75, 3.05) is 13.2 Å². The van der Waals surface area contributed by atoms with Crippen LogP contribution in [-0.4, -0.2) is 33.1 Å². The molecule has 0 spiro atoms. The van der Waals surface area contributed by atoms with E-state index >= 15 is 0 Å². The number of hydrogen-bond donors (Lipinski definition) is 2. The molecule has 0 heterocycles. The minimum absolute atomic E-state index is 0. The second-order valence-electron chi connectivity index (χ2n) is 1.44. The Hall–Kier alpha value is 0.719. The van der Waals surface area contributed by atoms with Crippen LogP contribution >= 0.6 is 27.2 Å². The number of alkyl halides is 1. The summed E-state index contributed by atoms with van der Waals surface area (Å²) in [5, 5.41) is 0. The first-order valence-electron chi connectivity index (χ1n) is 2.46.